The van der Waals surface area contributed by atoms with Gasteiger partial charge in [0, 0.05) is 43.5 Å². The van der Waals surface area contributed by atoms with E-state index in [4.69, 9.17) is 10.2 Å². The molecule has 1 aromatic heterocycles. The SMILES string of the molecule is CCN(CC)C(=O)c1ccc(N(c2cccc(C(N)=O)c2F)C2CCN(Cc3ccco3)CC2)cc1. The highest BCUT2D eigenvalue weighted by atomic mass is 19.1. The van der Waals surface area contributed by atoms with E-state index in [-0.39, 0.29) is 17.5 Å². The Labute approximate surface area is 211 Å². The molecule has 36 heavy (non-hydrogen) atoms. The minimum absolute atomic E-state index is 0.000175. The highest BCUT2D eigenvalue weighted by Gasteiger charge is 2.29. The van der Waals surface area contributed by atoms with Crippen molar-refractivity contribution in [2.75, 3.05) is 31.1 Å². The normalized spacial score (nSPS) is 14.5. The van der Waals surface area contributed by atoms with Gasteiger partial charge in [-0.1, -0.05) is 6.07 Å². The Morgan fingerprint density at radius 3 is 2.31 bits per heavy atom. The van der Waals surface area contributed by atoms with Crippen LogP contribution < -0.4 is 10.6 Å². The molecule has 0 saturated carbocycles. The molecule has 1 saturated heterocycles. The van der Waals surface area contributed by atoms with Gasteiger partial charge in [-0.3, -0.25) is 14.5 Å². The van der Waals surface area contributed by atoms with Gasteiger partial charge in [0.05, 0.1) is 24.1 Å². The summed E-state index contributed by atoms with van der Waals surface area (Å²) < 4.78 is 21.0. The summed E-state index contributed by atoms with van der Waals surface area (Å²) in [5, 5.41) is 0. The third kappa shape index (κ3) is 5.44. The third-order valence-corrected chi connectivity index (χ3v) is 6.83. The van der Waals surface area contributed by atoms with Crippen molar-refractivity contribution in [3.63, 3.8) is 0 Å². The highest BCUT2D eigenvalue weighted by Crippen LogP contribution is 2.35. The molecule has 1 aliphatic heterocycles. The summed E-state index contributed by atoms with van der Waals surface area (Å²) in [4.78, 5) is 30.7. The van der Waals surface area contributed by atoms with Crippen molar-refractivity contribution in [2.24, 2.45) is 5.73 Å². The molecule has 0 spiro atoms. The maximum atomic E-state index is 15.5. The van der Waals surface area contributed by atoms with Crippen LogP contribution >= 0.6 is 0 Å². The van der Waals surface area contributed by atoms with Gasteiger partial charge in [-0.05, 0) is 75.2 Å². The van der Waals surface area contributed by atoms with Crippen molar-refractivity contribution in [3.8, 4) is 0 Å². The second kappa shape index (κ2) is 11.4. The number of primary amides is 1. The van der Waals surface area contributed by atoms with Crippen LogP contribution in [0.3, 0.4) is 0 Å². The van der Waals surface area contributed by atoms with Gasteiger partial charge < -0.3 is 20.0 Å². The summed E-state index contributed by atoms with van der Waals surface area (Å²) >= 11 is 0. The summed E-state index contributed by atoms with van der Waals surface area (Å²) in [5.41, 5.74) is 6.95. The van der Waals surface area contributed by atoms with Gasteiger partial charge in [0.1, 0.15) is 5.76 Å². The number of rotatable bonds is 9. The monoisotopic (exact) mass is 492 g/mol. The fraction of sp³-hybridized carbons (Fsp3) is 0.357. The van der Waals surface area contributed by atoms with Crippen LogP contribution in [0.4, 0.5) is 15.8 Å². The molecule has 0 aliphatic carbocycles. The molecule has 0 radical (unpaired) electrons. The molecule has 2 N–H and O–H groups in total. The molecule has 1 aliphatic rings. The van der Waals surface area contributed by atoms with E-state index in [1.165, 1.54) is 6.07 Å². The average molecular weight is 493 g/mol. The first-order chi connectivity index (χ1) is 17.4. The lowest BCUT2D eigenvalue weighted by Gasteiger charge is -2.40. The van der Waals surface area contributed by atoms with Crippen LogP contribution in [0.2, 0.25) is 0 Å². The molecular formula is C28H33FN4O3. The lowest BCUT2D eigenvalue weighted by molar-refractivity contribution is 0.0772. The van der Waals surface area contributed by atoms with Gasteiger partial charge in [0.2, 0.25) is 0 Å². The van der Waals surface area contributed by atoms with Gasteiger partial charge in [0.15, 0.2) is 5.82 Å². The Hall–Kier alpha value is -3.65. The number of likely N-dealkylation sites (tertiary alicyclic amines) is 1. The van der Waals surface area contributed by atoms with Crippen LogP contribution in [-0.4, -0.2) is 53.8 Å². The van der Waals surface area contributed by atoms with E-state index < -0.39 is 11.7 Å². The molecule has 1 fully saturated rings. The molecule has 2 aromatic carbocycles. The maximum absolute atomic E-state index is 15.5. The van der Waals surface area contributed by atoms with Gasteiger partial charge in [0.25, 0.3) is 11.8 Å². The third-order valence-electron chi connectivity index (χ3n) is 6.83. The van der Waals surface area contributed by atoms with Gasteiger partial charge in [-0.25, -0.2) is 4.39 Å². The molecule has 0 atom stereocenters. The Kier molecular flexibility index (Phi) is 8.05. The number of nitrogens with two attached hydrogens (primary N) is 1. The summed E-state index contributed by atoms with van der Waals surface area (Å²) in [5.74, 6) is -0.556. The fourth-order valence-corrected chi connectivity index (χ4v) is 4.86. The first-order valence-corrected chi connectivity index (χ1v) is 12.4. The van der Waals surface area contributed by atoms with Gasteiger partial charge in [-0.2, -0.15) is 0 Å². The van der Waals surface area contributed by atoms with E-state index >= 15 is 4.39 Å². The number of furan rings is 1. The first-order valence-electron chi connectivity index (χ1n) is 12.4. The topological polar surface area (TPSA) is 83.0 Å². The van der Waals surface area contributed by atoms with Crippen molar-refractivity contribution in [2.45, 2.75) is 39.3 Å². The molecule has 8 heteroatoms. The van der Waals surface area contributed by atoms with Crippen LogP contribution in [-0.2, 0) is 6.54 Å². The standard InChI is InChI=1S/C28H33FN4O3/c1-3-32(4-2)28(35)20-10-12-21(13-11-20)33(25-9-5-8-24(26(25)29)27(30)34)22-14-16-31(17-15-22)19-23-7-6-18-36-23/h5-13,18,22H,3-4,14-17,19H2,1-2H3,(H2,30,34). The zero-order valence-corrected chi connectivity index (χ0v) is 20.8. The van der Waals surface area contributed by atoms with Crippen molar-refractivity contribution >= 4 is 23.2 Å². The second-order valence-corrected chi connectivity index (χ2v) is 8.98. The van der Waals surface area contributed by atoms with E-state index in [0.29, 0.717) is 24.3 Å². The Balaban J connectivity index is 1.63. The number of nitrogens with zero attached hydrogens (tertiary/aromatic N) is 3. The molecule has 4 rings (SSSR count). The molecule has 0 unspecified atom stereocenters. The molecule has 7 nitrogen and oxygen atoms in total. The second-order valence-electron chi connectivity index (χ2n) is 8.98. The van der Waals surface area contributed by atoms with Crippen molar-refractivity contribution in [3.05, 3.63) is 83.6 Å². The Morgan fingerprint density at radius 2 is 1.72 bits per heavy atom. The summed E-state index contributed by atoms with van der Waals surface area (Å²) in [7, 11) is 0. The lowest BCUT2D eigenvalue weighted by atomic mass is 9.99. The molecule has 2 amide bonds. The first kappa shape index (κ1) is 25.4. The van der Waals surface area contributed by atoms with Crippen molar-refractivity contribution in [1.82, 2.24) is 9.80 Å². The molecule has 3 aromatic rings. The molecule has 0 bridgehead atoms. The van der Waals surface area contributed by atoms with E-state index in [1.54, 1.807) is 35.4 Å². The largest absolute Gasteiger partial charge is 0.468 e. The number of anilines is 2. The zero-order valence-electron chi connectivity index (χ0n) is 20.8. The molecular weight excluding hydrogens is 459 g/mol. The van der Waals surface area contributed by atoms with Crippen LogP contribution in [0.5, 0.6) is 0 Å². The number of halogens is 1. The smallest absolute Gasteiger partial charge is 0.253 e. The predicted octanol–water partition coefficient (Wildman–Crippen LogP) is 4.80. The summed E-state index contributed by atoms with van der Waals surface area (Å²) in [6, 6.07) is 15.8. The van der Waals surface area contributed by atoms with Crippen LogP contribution in [0, 0.1) is 5.82 Å². The molecule has 2 heterocycles. The number of hydrogen-bond acceptors (Lipinski definition) is 5. The number of hydrogen-bond donors (Lipinski definition) is 1. The predicted molar refractivity (Wildman–Crippen MR) is 138 cm³/mol. The number of benzene rings is 2. The summed E-state index contributed by atoms with van der Waals surface area (Å²) in [6.45, 7) is 7.52. The van der Waals surface area contributed by atoms with E-state index in [2.05, 4.69) is 4.90 Å². The van der Waals surface area contributed by atoms with Crippen molar-refractivity contribution in [1.29, 1.82) is 0 Å². The quantitative estimate of drug-likeness (QED) is 0.464. The van der Waals surface area contributed by atoms with E-state index in [1.807, 2.05) is 43.0 Å². The zero-order chi connectivity index (χ0) is 25.7. The van der Waals surface area contributed by atoms with Crippen LogP contribution in [0.15, 0.2) is 65.3 Å². The Morgan fingerprint density at radius 1 is 1.03 bits per heavy atom. The van der Waals surface area contributed by atoms with Crippen LogP contribution in [0.1, 0.15) is 53.2 Å². The highest BCUT2D eigenvalue weighted by molar-refractivity contribution is 5.95. The maximum Gasteiger partial charge on any atom is 0.253 e. The van der Waals surface area contributed by atoms with Crippen molar-refractivity contribution < 1.29 is 18.4 Å². The summed E-state index contributed by atoms with van der Waals surface area (Å²) in [6.07, 6.45) is 3.26. The Bertz CT molecular complexity index is 1170. The number of carbonyl (C=O) groups excluding carboxylic acids is 2. The minimum Gasteiger partial charge on any atom is -0.468 e. The van der Waals surface area contributed by atoms with E-state index in [0.717, 1.165) is 43.9 Å². The molecule has 190 valence electrons. The van der Waals surface area contributed by atoms with E-state index in [9.17, 15) is 9.59 Å². The lowest BCUT2D eigenvalue weighted by Crippen LogP contribution is -2.43. The van der Waals surface area contributed by atoms with Gasteiger partial charge in [-0.15, -0.1) is 0 Å². The van der Waals surface area contributed by atoms with Crippen LogP contribution in [0.25, 0.3) is 0 Å². The number of amides is 2. The average Bonchev–Trinajstić information content (AvgIpc) is 3.40. The number of piperidine rings is 1. The minimum atomic E-state index is -0.803. The van der Waals surface area contributed by atoms with Gasteiger partial charge >= 0.3 is 0 Å². The number of carbonyl (C=O) groups is 2. The fourth-order valence-electron chi connectivity index (χ4n) is 4.86.